The van der Waals surface area contributed by atoms with Crippen molar-refractivity contribution in [3.05, 3.63) is 0 Å². The lowest BCUT2D eigenvalue weighted by molar-refractivity contribution is -0.149. The number of esters is 1. The second-order valence-electron chi connectivity index (χ2n) is 8.83. The van der Waals surface area contributed by atoms with Gasteiger partial charge < -0.3 is 13.9 Å². The van der Waals surface area contributed by atoms with Gasteiger partial charge in [-0.05, 0) is 38.9 Å². The summed E-state index contributed by atoms with van der Waals surface area (Å²) in [4.78, 5) is 38.1. The smallest absolute Gasteiger partial charge is 0.417 e. The van der Waals surface area contributed by atoms with Gasteiger partial charge in [0.1, 0.15) is 17.7 Å². The highest BCUT2D eigenvalue weighted by Gasteiger charge is 2.52. The molecule has 144 valence electrons. The van der Waals surface area contributed by atoms with Crippen LogP contribution in [0, 0.1) is 0 Å². The minimum absolute atomic E-state index is 0.0806. The van der Waals surface area contributed by atoms with Crippen molar-refractivity contribution in [3.63, 3.8) is 0 Å². The van der Waals surface area contributed by atoms with Crippen LogP contribution in [0.1, 0.15) is 48.0 Å². The number of ether oxygens (including phenoxy) is 2. The molecule has 1 unspecified atom stereocenters. The Morgan fingerprint density at radius 2 is 1.64 bits per heavy atom. The van der Waals surface area contributed by atoms with Gasteiger partial charge in [0, 0.05) is 6.42 Å². The molecule has 1 heterocycles. The van der Waals surface area contributed by atoms with Crippen molar-refractivity contribution >= 4 is 26.3 Å². The number of hydrogen-bond acceptors (Lipinski definition) is 6. The summed E-state index contributed by atoms with van der Waals surface area (Å²) in [5.74, 6) is -1.20. The molecule has 0 N–H and O–H groups in total. The van der Waals surface area contributed by atoms with Crippen LogP contribution in [-0.4, -0.2) is 56.0 Å². The first-order valence-corrected chi connectivity index (χ1v) is 11.3. The van der Waals surface area contributed by atoms with Gasteiger partial charge in [-0.25, -0.2) is 14.5 Å². The lowest BCUT2D eigenvalue weighted by atomic mass is 10.2. The van der Waals surface area contributed by atoms with Crippen molar-refractivity contribution in [2.24, 2.45) is 0 Å². The third kappa shape index (κ3) is 5.04. The predicted octanol–water partition coefficient (Wildman–Crippen LogP) is 3.09. The van der Waals surface area contributed by atoms with Gasteiger partial charge in [-0.15, -0.1) is 0 Å². The monoisotopic (exact) mass is 373 g/mol. The molecule has 1 rings (SSSR count). The average Bonchev–Trinajstić information content (AvgIpc) is 2.71. The minimum atomic E-state index is -2.25. The maximum absolute atomic E-state index is 12.8. The van der Waals surface area contributed by atoms with Gasteiger partial charge in [-0.3, -0.25) is 4.79 Å². The molecule has 1 aliphatic rings. The summed E-state index contributed by atoms with van der Waals surface area (Å²) in [6.07, 6.45) is -1.62. The highest BCUT2D eigenvalue weighted by Crippen LogP contribution is 2.39. The average molecular weight is 374 g/mol. The van der Waals surface area contributed by atoms with E-state index in [1.807, 2.05) is 13.1 Å². The maximum Gasteiger partial charge on any atom is 0.417 e. The number of rotatable bonds is 3. The Balaban J connectivity index is 3.09. The molecule has 2 atom stereocenters. The third-order valence-electron chi connectivity index (χ3n) is 4.57. The van der Waals surface area contributed by atoms with Crippen molar-refractivity contribution in [3.8, 4) is 0 Å². The zero-order valence-corrected chi connectivity index (χ0v) is 17.8. The van der Waals surface area contributed by atoms with E-state index in [2.05, 4.69) is 20.8 Å². The summed E-state index contributed by atoms with van der Waals surface area (Å²) in [6.45, 7) is 15.3. The normalized spacial score (nSPS) is 22.1. The molecule has 0 radical (unpaired) electrons. The number of hydrogen-bond donors (Lipinski definition) is 0. The summed E-state index contributed by atoms with van der Waals surface area (Å²) < 4.78 is 16.2. The van der Waals surface area contributed by atoms with Gasteiger partial charge in [-0.1, -0.05) is 20.8 Å². The van der Waals surface area contributed by atoms with Crippen molar-refractivity contribution in [2.45, 2.75) is 83.8 Å². The van der Waals surface area contributed by atoms with Crippen molar-refractivity contribution in [2.75, 3.05) is 7.11 Å². The Morgan fingerprint density at radius 1 is 1.12 bits per heavy atom. The zero-order chi connectivity index (χ0) is 19.8. The van der Waals surface area contributed by atoms with Crippen LogP contribution >= 0.6 is 0 Å². The Hall–Kier alpha value is -1.41. The van der Waals surface area contributed by atoms with Crippen molar-refractivity contribution in [1.82, 2.24) is 4.90 Å². The predicted molar refractivity (Wildman–Crippen MR) is 95.6 cm³/mol. The zero-order valence-electron chi connectivity index (χ0n) is 16.8. The second kappa shape index (κ2) is 7.07. The number of carbonyl (C=O) groups excluding carboxylic acids is 3. The lowest BCUT2D eigenvalue weighted by Gasteiger charge is -2.37. The van der Waals surface area contributed by atoms with E-state index in [9.17, 15) is 14.4 Å². The fourth-order valence-corrected chi connectivity index (χ4v) is 3.48. The first-order chi connectivity index (χ1) is 11.1. The van der Waals surface area contributed by atoms with Gasteiger partial charge in [0.15, 0.2) is 8.32 Å². The van der Waals surface area contributed by atoms with Crippen LogP contribution in [0.5, 0.6) is 0 Å². The Bertz CT molecular complexity index is 546. The number of nitrogens with zero attached hydrogens (tertiary/aromatic N) is 1. The molecule has 0 aromatic carbocycles. The van der Waals surface area contributed by atoms with E-state index in [1.54, 1.807) is 20.8 Å². The van der Waals surface area contributed by atoms with E-state index in [4.69, 9.17) is 13.9 Å². The molecule has 7 nitrogen and oxygen atoms in total. The molecule has 0 aromatic rings. The number of likely N-dealkylation sites (tertiary alicyclic amines) is 1. The lowest BCUT2D eigenvalue weighted by Crippen LogP contribution is -2.48. The summed E-state index contributed by atoms with van der Waals surface area (Å²) in [5, 5.41) is -0.104. The second-order valence-corrected chi connectivity index (χ2v) is 13.6. The number of methoxy groups -OCH3 is 1. The van der Waals surface area contributed by atoms with Gasteiger partial charge in [-0.2, -0.15) is 0 Å². The molecule has 25 heavy (non-hydrogen) atoms. The first kappa shape index (κ1) is 21.6. The molecule has 0 aliphatic carbocycles. The summed E-state index contributed by atoms with van der Waals surface area (Å²) >= 11 is 0. The Labute approximate surface area is 151 Å². The van der Waals surface area contributed by atoms with Crippen LogP contribution in [-0.2, 0) is 23.5 Å². The van der Waals surface area contributed by atoms with Crippen LogP contribution in [0.4, 0.5) is 4.79 Å². The van der Waals surface area contributed by atoms with E-state index >= 15 is 0 Å². The first-order valence-electron chi connectivity index (χ1n) is 8.42. The number of amides is 2. The van der Waals surface area contributed by atoms with E-state index in [0.717, 1.165) is 4.90 Å². The molecule has 1 aliphatic heterocycles. The fraction of sp³-hybridized carbons (Fsp3) is 0.824. The summed E-state index contributed by atoms with van der Waals surface area (Å²) in [5.41, 5.74) is -0.781. The van der Waals surface area contributed by atoms with E-state index in [1.165, 1.54) is 7.11 Å². The van der Waals surface area contributed by atoms with Crippen LogP contribution in [0.3, 0.4) is 0 Å². The Morgan fingerprint density at radius 3 is 2.04 bits per heavy atom. The topological polar surface area (TPSA) is 82.1 Å². The van der Waals surface area contributed by atoms with Crippen LogP contribution in [0.2, 0.25) is 18.1 Å². The highest BCUT2D eigenvalue weighted by molar-refractivity contribution is 6.74. The van der Waals surface area contributed by atoms with Crippen molar-refractivity contribution in [1.29, 1.82) is 0 Å². The van der Waals surface area contributed by atoms with E-state index < -0.39 is 44.0 Å². The molecule has 1 saturated heterocycles. The van der Waals surface area contributed by atoms with Crippen LogP contribution in [0.25, 0.3) is 0 Å². The number of imide groups is 1. The fourth-order valence-electron chi connectivity index (χ4n) is 2.21. The molecule has 0 spiro atoms. The molecular formula is C17H31NO6Si. The molecular weight excluding hydrogens is 342 g/mol. The van der Waals surface area contributed by atoms with E-state index in [-0.39, 0.29) is 11.5 Å². The van der Waals surface area contributed by atoms with Gasteiger partial charge in [0.2, 0.25) is 0 Å². The number of carbonyl (C=O) groups is 3. The molecule has 2 amide bonds. The molecule has 1 fully saturated rings. The van der Waals surface area contributed by atoms with Crippen molar-refractivity contribution < 1.29 is 28.3 Å². The molecule has 0 aromatic heterocycles. The van der Waals surface area contributed by atoms with Crippen LogP contribution < -0.4 is 0 Å². The highest BCUT2D eigenvalue weighted by atomic mass is 28.4. The standard InChI is InChI=1S/C17H31NO6Si/c1-16(2,3)23-15(21)18-11(14(20)22-7)10-12(13(18)19)24-25(8,9)17(4,5)6/h11-12H,10H2,1-9H3/t11-,12?/m1/s1. The SMILES string of the molecule is COC(=O)[C@H]1CC(O[Si](C)(C)C(C)(C)C)C(=O)N1C(=O)OC(C)(C)C. The molecule has 0 bridgehead atoms. The van der Waals surface area contributed by atoms with Gasteiger partial charge >= 0.3 is 12.1 Å². The third-order valence-corrected chi connectivity index (χ3v) is 9.05. The van der Waals surface area contributed by atoms with E-state index in [0.29, 0.717) is 0 Å². The van der Waals surface area contributed by atoms with Crippen LogP contribution in [0.15, 0.2) is 0 Å². The quantitative estimate of drug-likeness (QED) is 0.558. The Kier molecular flexibility index (Phi) is 6.12. The summed E-state index contributed by atoms with van der Waals surface area (Å²) in [6, 6.07) is -1.03. The summed E-state index contributed by atoms with van der Waals surface area (Å²) in [7, 11) is -1.02. The largest absolute Gasteiger partial charge is 0.467 e. The molecule has 8 heteroatoms. The molecule has 0 saturated carbocycles. The van der Waals surface area contributed by atoms with Gasteiger partial charge in [0.25, 0.3) is 5.91 Å². The maximum atomic E-state index is 12.8. The minimum Gasteiger partial charge on any atom is -0.467 e. The van der Waals surface area contributed by atoms with Gasteiger partial charge in [0.05, 0.1) is 7.11 Å².